The summed E-state index contributed by atoms with van der Waals surface area (Å²) in [5.74, 6) is -0.820. The van der Waals surface area contributed by atoms with Crippen molar-refractivity contribution in [1.29, 1.82) is 0 Å². The van der Waals surface area contributed by atoms with Crippen LogP contribution in [0.1, 0.15) is 33.9 Å². The zero-order chi connectivity index (χ0) is 18.2. The normalized spacial score (nSPS) is 20.7. The van der Waals surface area contributed by atoms with E-state index in [2.05, 4.69) is 4.98 Å². The Kier molecular flexibility index (Phi) is 4.38. The Bertz CT molecular complexity index is 795. The first-order valence-corrected chi connectivity index (χ1v) is 7.56. The molecule has 5 nitrogen and oxygen atoms in total. The van der Waals surface area contributed by atoms with Crippen LogP contribution >= 0.6 is 0 Å². The van der Waals surface area contributed by atoms with Crippen molar-refractivity contribution in [2.45, 2.75) is 24.7 Å². The maximum Gasteiger partial charge on any atom is 0.416 e. The summed E-state index contributed by atoms with van der Waals surface area (Å²) < 4.78 is 39.9. The zero-order valence-electron chi connectivity index (χ0n) is 12.9. The van der Waals surface area contributed by atoms with E-state index in [1.165, 1.54) is 35.4 Å². The number of pyridine rings is 1. The average Bonchev–Trinajstić information content (AvgIpc) is 2.95. The van der Waals surface area contributed by atoms with Crippen molar-refractivity contribution in [1.82, 2.24) is 9.88 Å². The summed E-state index contributed by atoms with van der Waals surface area (Å²) in [7, 11) is 0. The van der Waals surface area contributed by atoms with E-state index >= 15 is 0 Å². The number of likely N-dealkylation sites (tertiary alicyclic amines) is 1. The Hall–Kier alpha value is -2.61. The molecule has 2 N–H and O–H groups in total. The number of nitrogens with zero attached hydrogens (tertiary/aromatic N) is 2. The molecule has 0 aliphatic carbocycles. The van der Waals surface area contributed by atoms with E-state index in [1.54, 1.807) is 0 Å². The van der Waals surface area contributed by atoms with Gasteiger partial charge in [0.15, 0.2) is 0 Å². The molecule has 2 atom stereocenters. The number of hydrogen-bond acceptors (Lipinski definition) is 4. The predicted octanol–water partition coefficient (Wildman–Crippen LogP) is 2.75. The lowest BCUT2D eigenvalue weighted by atomic mass is 9.97. The van der Waals surface area contributed by atoms with Crippen LogP contribution in [-0.2, 0) is 6.18 Å². The third-order valence-electron chi connectivity index (χ3n) is 4.14. The lowest BCUT2D eigenvalue weighted by Gasteiger charge is -2.27. The Morgan fingerprint density at radius 2 is 1.96 bits per heavy atom. The number of aromatic nitrogens is 1. The minimum atomic E-state index is -4.56. The molecule has 8 heteroatoms. The molecule has 0 spiro atoms. The van der Waals surface area contributed by atoms with Gasteiger partial charge in [0, 0.05) is 12.7 Å². The van der Waals surface area contributed by atoms with Gasteiger partial charge in [0.2, 0.25) is 0 Å². The Morgan fingerprint density at radius 1 is 1.24 bits per heavy atom. The molecule has 1 amide bonds. The second-order valence-electron chi connectivity index (χ2n) is 5.88. The standard InChI is InChI=1S/C17H15F3N2O3/c18-17(19,20)14-4-2-1-3-13(14)15-6-12(24)9-22(15)16(25)10-5-11(23)8-21-7-10/h1-5,7-8,12,15,23-24H,6,9H2/t12-,15+/m0/s1. The van der Waals surface area contributed by atoms with E-state index in [4.69, 9.17) is 0 Å². The molecule has 1 aromatic carbocycles. The van der Waals surface area contributed by atoms with Crippen LogP contribution < -0.4 is 0 Å². The van der Waals surface area contributed by atoms with Gasteiger partial charge in [-0.3, -0.25) is 9.78 Å². The SMILES string of the molecule is O=C(c1cncc(O)c1)N1C[C@@H](O)C[C@@H]1c1ccccc1C(F)(F)F. The molecule has 1 saturated heterocycles. The number of carbonyl (C=O) groups excluding carboxylic acids is 1. The number of hydrogen-bond donors (Lipinski definition) is 2. The number of aromatic hydroxyl groups is 1. The number of aliphatic hydroxyl groups is 1. The van der Waals surface area contributed by atoms with Crippen molar-refractivity contribution in [2.75, 3.05) is 6.54 Å². The van der Waals surface area contributed by atoms with Gasteiger partial charge in [0.05, 0.1) is 29.5 Å². The molecule has 2 heterocycles. The van der Waals surface area contributed by atoms with E-state index in [0.717, 1.165) is 12.3 Å². The molecule has 0 saturated carbocycles. The zero-order valence-corrected chi connectivity index (χ0v) is 12.9. The largest absolute Gasteiger partial charge is 0.506 e. The Morgan fingerprint density at radius 3 is 2.64 bits per heavy atom. The number of carbonyl (C=O) groups is 1. The summed E-state index contributed by atoms with van der Waals surface area (Å²) in [4.78, 5) is 17.6. The molecule has 1 aromatic heterocycles. The summed E-state index contributed by atoms with van der Waals surface area (Å²) in [6.07, 6.45) is -3.12. The fraction of sp³-hybridized carbons (Fsp3) is 0.294. The number of rotatable bonds is 2. The van der Waals surface area contributed by atoms with Crippen LogP contribution in [0.4, 0.5) is 13.2 Å². The van der Waals surface area contributed by atoms with E-state index in [0.29, 0.717) is 0 Å². The summed E-state index contributed by atoms with van der Waals surface area (Å²) >= 11 is 0. The second-order valence-corrected chi connectivity index (χ2v) is 5.88. The molecule has 0 unspecified atom stereocenters. The summed E-state index contributed by atoms with van der Waals surface area (Å²) in [6, 6.07) is 5.29. The predicted molar refractivity (Wildman–Crippen MR) is 81.7 cm³/mol. The van der Waals surface area contributed by atoms with E-state index < -0.39 is 29.8 Å². The molecule has 132 valence electrons. The van der Waals surface area contributed by atoms with Crippen LogP contribution in [0.3, 0.4) is 0 Å². The van der Waals surface area contributed by atoms with E-state index in [9.17, 15) is 28.2 Å². The minimum absolute atomic E-state index is 0.00504. The van der Waals surface area contributed by atoms with Gasteiger partial charge in [0.1, 0.15) is 5.75 Å². The van der Waals surface area contributed by atoms with Gasteiger partial charge in [-0.2, -0.15) is 13.2 Å². The highest BCUT2D eigenvalue weighted by Gasteiger charge is 2.41. The first kappa shape index (κ1) is 17.2. The van der Waals surface area contributed by atoms with Crippen LogP contribution in [0.2, 0.25) is 0 Å². The van der Waals surface area contributed by atoms with Crippen LogP contribution in [0.25, 0.3) is 0 Å². The topological polar surface area (TPSA) is 73.7 Å². The molecule has 3 rings (SSSR count). The van der Waals surface area contributed by atoms with Gasteiger partial charge >= 0.3 is 6.18 Å². The van der Waals surface area contributed by atoms with Crippen LogP contribution in [0, 0.1) is 0 Å². The van der Waals surface area contributed by atoms with Crippen molar-refractivity contribution >= 4 is 5.91 Å². The lowest BCUT2D eigenvalue weighted by molar-refractivity contribution is -0.138. The maximum atomic E-state index is 13.3. The van der Waals surface area contributed by atoms with Gasteiger partial charge in [-0.25, -0.2) is 0 Å². The molecule has 2 aromatic rings. The molecule has 25 heavy (non-hydrogen) atoms. The van der Waals surface area contributed by atoms with Crippen molar-refractivity contribution in [3.05, 3.63) is 59.4 Å². The highest BCUT2D eigenvalue weighted by atomic mass is 19.4. The molecular formula is C17H15F3N2O3. The van der Waals surface area contributed by atoms with Gasteiger partial charge in [0.25, 0.3) is 5.91 Å². The fourth-order valence-corrected chi connectivity index (χ4v) is 3.09. The van der Waals surface area contributed by atoms with Crippen molar-refractivity contribution in [3.63, 3.8) is 0 Å². The average molecular weight is 352 g/mol. The fourth-order valence-electron chi connectivity index (χ4n) is 3.09. The maximum absolute atomic E-state index is 13.3. The second kappa shape index (κ2) is 6.36. The smallest absolute Gasteiger partial charge is 0.416 e. The van der Waals surface area contributed by atoms with Crippen molar-refractivity contribution in [2.24, 2.45) is 0 Å². The minimum Gasteiger partial charge on any atom is -0.506 e. The highest BCUT2D eigenvalue weighted by Crippen LogP contribution is 2.40. The summed E-state index contributed by atoms with van der Waals surface area (Å²) in [5, 5.41) is 19.4. The number of benzene rings is 1. The number of aliphatic hydroxyl groups excluding tert-OH is 1. The molecule has 1 fully saturated rings. The van der Waals surface area contributed by atoms with Crippen molar-refractivity contribution in [3.8, 4) is 5.75 Å². The van der Waals surface area contributed by atoms with Gasteiger partial charge in [-0.15, -0.1) is 0 Å². The van der Waals surface area contributed by atoms with Crippen LogP contribution in [0.5, 0.6) is 5.75 Å². The van der Waals surface area contributed by atoms with E-state index in [-0.39, 0.29) is 29.8 Å². The number of β-amino-alcohol motifs (C(OH)–C–C–N with tert-alkyl or cyclic N) is 1. The van der Waals surface area contributed by atoms with Crippen molar-refractivity contribution < 1.29 is 28.2 Å². The summed E-state index contributed by atoms with van der Waals surface area (Å²) in [6.45, 7) is -0.0919. The molecule has 0 radical (unpaired) electrons. The number of alkyl halides is 3. The molecular weight excluding hydrogens is 337 g/mol. The molecule has 1 aliphatic rings. The Labute approximate surface area is 141 Å². The van der Waals surface area contributed by atoms with Crippen LogP contribution in [0.15, 0.2) is 42.7 Å². The quantitative estimate of drug-likeness (QED) is 0.872. The monoisotopic (exact) mass is 352 g/mol. The third kappa shape index (κ3) is 3.43. The highest BCUT2D eigenvalue weighted by molar-refractivity contribution is 5.94. The van der Waals surface area contributed by atoms with Gasteiger partial charge in [-0.05, 0) is 24.1 Å². The lowest BCUT2D eigenvalue weighted by Crippen LogP contribution is -2.32. The summed E-state index contributed by atoms with van der Waals surface area (Å²) in [5.41, 5.74) is -0.850. The van der Waals surface area contributed by atoms with E-state index in [1.807, 2.05) is 0 Å². The molecule has 0 bridgehead atoms. The van der Waals surface area contributed by atoms with Gasteiger partial charge < -0.3 is 15.1 Å². The molecule has 1 aliphatic heterocycles. The first-order chi connectivity index (χ1) is 11.8. The Balaban J connectivity index is 2.00. The number of halogens is 3. The van der Waals surface area contributed by atoms with Crippen LogP contribution in [-0.4, -0.2) is 38.7 Å². The first-order valence-electron chi connectivity index (χ1n) is 7.56. The van der Waals surface area contributed by atoms with Gasteiger partial charge in [-0.1, -0.05) is 18.2 Å². The third-order valence-corrected chi connectivity index (χ3v) is 4.14. The number of amides is 1.